The second kappa shape index (κ2) is 8.70. The topological polar surface area (TPSA) is 95.9 Å². The SMILES string of the molecule is Cc1cc(Oc2cnc(C(F)(F)F)cn2)cc(-c2cn(CCC(N)=O)c3ccnc(Cl)c23)c1. The van der Waals surface area contributed by atoms with Crippen molar-refractivity contribution in [3.63, 3.8) is 0 Å². The van der Waals surface area contributed by atoms with Crippen LogP contribution in [-0.2, 0) is 17.5 Å². The van der Waals surface area contributed by atoms with E-state index in [-0.39, 0.29) is 17.5 Å². The number of carbonyl (C=O) groups is 1. The summed E-state index contributed by atoms with van der Waals surface area (Å²) < 4.78 is 45.7. The smallest absolute Gasteiger partial charge is 0.434 e. The molecule has 170 valence electrons. The molecule has 0 aliphatic heterocycles. The number of primary amides is 1. The molecule has 0 aliphatic rings. The van der Waals surface area contributed by atoms with E-state index >= 15 is 0 Å². The predicted molar refractivity (Wildman–Crippen MR) is 116 cm³/mol. The lowest BCUT2D eigenvalue weighted by Gasteiger charge is -2.10. The molecule has 0 atom stereocenters. The Labute approximate surface area is 191 Å². The molecule has 4 rings (SSSR count). The number of benzene rings is 1. The maximum absolute atomic E-state index is 12.7. The molecule has 0 saturated carbocycles. The van der Waals surface area contributed by atoms with Gasteiger partial charge in [-0.2, -0.15) is 13.2 Å². The molecule has 0 bridgehead atoms. The fraction of sp³-hybridized carbons (Fsp3) is 0.182. The van der Waals surface area contributed by atoms with E-state index in [2.05, 4.69) is 15.0 Å². The van der Waals surface area contributed by atoms with Crippen molar-refractivity contribution >= 4 is 28.4 Å². The summed E-state index contributed by atoms with van der Waals surface area (Å²) >= 11 is 6.39. The summed E-state index contributed by atoms with van der Waals surface area (Å²) in [4.78, 5) is 22.5. The van der Waals surface area contributed by atoms with Gasteiger partial charge >= 0.3 is 6.18 Å². The second-order valence-electron chi connectivity index (χ2n) is 7.32. The van der Waals surface area contributed by atoms with Crippen LogP contribution >= 0.6 is 11.6 Å². The van der Waals surface area contributed by atoms with Crippen LogP contribution in [0.3, 0.4) is 0 Å². The highest BCUT2D eigenvalue weighted by Crippen LogP contribution is 2.37. The number of alkyl halides is 3. The Balaban J connectivity index is 1.73. The van der Waals surface area contributed by atoms with Crippen molar-refractivity contribution in [1.29, 1.82) is 0 Å². The average molecular weight is 476 g/mol. The van der Waals surface area contributed by atoms with Crippen molar-refractivity contribution in [2.75, 3.05) is 0 Å². The van der Waals surface area contributed by atoms with E-state index in [1.54, 1.807) is 24.4 Å². The van der Waals surface area contributed by atoms with Crippen LogP contribution in [0.4, 0.5) is 13.2 Å². The Morgan fingerprint density at radius 3 is 2.64 bits per heavy atom. The number of nitrogens with two attached hydrogens (primary N) is 1. The van der Waals surface area contributed by atoms with Crippen molar-refractivity contribution in [2.24, 2.45) is 5.73 Å². The minimum absolute atomic E-state index is 0.0804. The summed E-state index contributed by atoms with van der Waals surface area (Å²) in [5.74, 6) is -0.150. The molecular formula is C22H17ClF3N5O2. The Hall–Kier alpha value is -3.66. The van der Waals surface area contributed by atoms with Crippen molar-refractivity contribution in [3.8, 4) is 22.8 Å². The van der Waals surface area contributed by atoms with Gasteiger partial charge in [-0.3, -0.25) is 4.79 Å². The molecule has 0 unspecified atom stereocenters. The molecule has 1 aromatic carbocycles. The van der Waals surface area contributed by atoms with Crippen molar-refractivity contribution in [3.05, 3.63) is 65.5 Å². The van der Waals surface area contributed by atoms with Gasteiger partial charge in [0, 0.05) is 36.3 Å². The summed E-state index contributed by atoms with van der Waals surface area (Å²) in [5, 5.41) is 0.979. The molecule has 0 aliphatic carbocycles. The van der Waals surface area contributed by atoms with Crippen LogP contribution in [0, 0.1) is 6.92 Å². The molecule has 3 heterocycles. The maximum Gasteiger partial charge on any atom is 0.434 e. The van der Waals surface area contributed by atoms with E-state index in [0.29, 0.717) is 23.9 Å². The number of nitrogens with zero attached hydrogens (tertiary/aromatic N) is 4. The standard InChI is InChI=1S/C22H17ClF3N5O2/c1-12-6-13(8-14(7-12)33-19-10-29-17(9-30-19)22(24,25)26)15-11-31(5-3-18(27)32)16-2-4-28-21(23)20(15)16/h2,4,6-11H,3,5H2,1H3,(H2,27,32). The van der Waals surface area contributed by atoms with Gasteiger partial charge < -0.3 is 15.0 Å². The van der Waals surface area contributed by atoms with E-state index < -0.39 is 17.8 Å². The molecule has 0 fully saturated rings. The van der Waals surface area contributed by atoms with Gasteiger partial charge in [0.15, 0.2) is 5.69 Å². The molecule has 3 aromatic heterocycles. The quantitative estimate of drug-likeness (QED) is 0.389. The molecule has 2 N–H and O–H groups in total. The Kier molecular flexibility index (Phi) is 5.94. The van der Waals surface area contributed by atoms with Crippen LogP contribution in [0.5, 0.6) is 11.6 Å². The number of aryl methyl sites for hydroxylation is 2. The summed E-state index contributed by atoms with van der Waals surface area (Å²) in [7, 11) is 0. The van der Waals surface area contributed by atoms with Crippen LogP contribution in [-0.4, -0.2) is 25.4 Å². The number of fused-ring (bicyclic) bond motifs is 1. The summed E-state index contributed by atoms with van der Waals surface area (Å²) in [5.41, 5.74) is 7.30. The minimum Gasteiger partial charge on any atom is -0.437 e. The Bertz CT molecular complexity index is 1340. The van der Waals surface area contributed by atoms with Crippen LogP contribution in [0.15, 0.2) is 49.1 Å². The van der Waals surface area contributed by atoms with E-state index in [1.807, 2.05) is 23.8 Å². The fourth-order valence-electron chi connectivity index (χ4n) is 3.44. The van der Waals surface area contributed by atoms with Crippen LogP contribution in [0.1, 0.15) is 17.7 Å². The first kappa shape index (κ1) is 22.5. The number of hydrogen-bond donors (Lipinski definition) is 1. The van der Waals surface area contributed by atoms with Gasteiger partial charge in [-0.05, 0) is 36.2 Å². The molecule has 0 radical (unpaired) electrons. The molecule has 0 saturated heterocycles. The molecule has 11 heteroatoms. The average Bonchev–Trinajstić information content (AvgIpc) is 3.12. The highest BCUT2D eigenvalue weighted by atomic mass is 35.5. The zero-order chi connectivity index (χ0) is 23.8. The van der Waals surface area contributed by atoms with Crippen LogP contribution in [0.25, 0.3) is 22.0 Å². The molecule has 7 nitrogen and oxygen atoms in total. The van der Waals surface area contributed by atoms with Gasteiger partial charge in [0.1, 0.15) is 10.9 Å². The Morgan fingerprint density at radius 2 is 1.97 bits per heavy atom. The lowest BCUT2D eigenvalue weighted by atomic mass is 10.0. The van der Waals surface area contributed by atoms with Gasteiger partial charge in [0.05, 0.1) is 17.9 Å². The molecule has 1 amide bonds. The first-order chi connectivity index (χ1) is 15.6. The monoisotopic (exact) mass is 475 g/mol. The normalized spacial score (nSPS) is 11.7. The Morgan fingerprint density at radius 1 is 1.18 bits per heavy atom. The molecule has 33 heavy (non-hydrogen) atoms. The summed E-state index contributed by atoms with van der Waals surface area (Å²) in [6.45, 7) is 2.21. The molecule has 4 aromatic rings. The largest absolute Gasteiger partial charge is 0.437 e. The number of amides is 1. The molecule has 0 spiro atoms. The predicted octanol–water partition coefficient (Wildman–Crippen LogP) is 5.14. The highest BCUT2D eigenvalue weighted by Gasteiger charge is 2.32. The van der Waals surface area contributed by atoms with Gasteiger partial charge in [-0.1, -0.05) is 17.7 Å². The first-order valence-electron chi connectivity index (χ1n) is 9.72. The van der Waals surface area contributed by atoms with Crippen LogP contribution in [0.2, 0.25) is 5.15 Å². The zero-order valence-corrected chi connectivity index (χ0v) is 18.0. The number of halogens is 4. The van der Waals surface area contributed by atoms with Crippen molar-refractivity contribution in [2.45, 2.75) is 26.1 Å². The third-order valence-electron chi connectivity index (χ3n) is 4.85. The third kappa shape index (κ3) is 4.90. The van der Waals surface area contributed by atoms with Gasteiger partial charge in [-0.15, -0.1) is 0 Å². The van der Waals surface area contributed by atoms with Crippen molar-refractivity contribution in [1.82, 2.24) is 19.5 Å². The number of rotatable bonds is 6. The zero-order valence-electron chi connectivity index (χ0n) is 17.2. The van der Waals surface area contributed by atoms with Crippen LogP contribution < -0.4 is 10.5 Å². The summed E-state index contributed by atoms with van der Waals surface area (Å²) in [6.07, 6.45) is 0.516. The number of aromatic nitrogens is 4. The fourth-order valence-corrected chi connectivity index (χ4v) is 3.69. The van der Waals surface area contributed by atoms with Gasteiger partial charge in [0.25, 0.3) is 0 Å². The first-order valence-corrected chi connectivity index (χ1v) is 10.1. The minimum atomic E-state index is -4.59. The third-order valence-corrected chi connectivity index (χ3v) is 5.13. The number of pyridine rings is 1. The lowest BCUT2D eigenvalue weighted by molar-refractivity contribution is -0.141. The molecular weight excluding hydrogens is 459 g/mol. The van der Waals surface area contributed by atoms with E-state index in [9.17, 15) is 18.0 Å². The highest BCUT2D eigenvalue weighted by molar-refractivity contribution is 6.35. The number of hydrogen-bond acceptors (Lipinski definition) is 5. The van der Waals surface area contributed by atoms with Gasteiger partial charge in [-0.25, -0.2) is 15.0 Å². The second-order valence-corrected chi connectivity index (χ2v) is 7.68. The van der Waals surface area contributed by atoms with E-state index in [1.165, 1.54) is 0 Å². The van der Waals surface area contributed by atoms with Crippen molar-refractivity contribution < 1.29 is 22.7 Å². The van der Waals surface area contributed by atoms with Gasteiger partial charge in [0.2, 0.25) is 11.8 Å². The van der Waals surface area contributed by atoms with E-state index in [0.717, 1.165) is 28.4 Å². The lowest BCUT2D eigenvalue weighted by Crippen LogP contribution is -2.13. The maximum atomic E-state index is 12.7. The summed E-state index contributed by atoms with van der Waals surface area (Å²) in [6, 6.07) is 7.12. The number of ether oxygens (including phenoxy) is 1. The van der Waals surface area contributed by atoms with E-state index in [4.69, 9.17) is 22.1 Å². The number of carbonyl (C=O) groups excluding carboxylic acids is 1.